The summed E-state index contributed by atoms with van der Waals surface area (Å²) in [5, 5.41) is 6.70. The van der Waals surface area contributed by atoms with Crippen molar-refractivity contribution in [2.45, 2.75) is 6.92 Å². The van der Waals surface area contributed by atoms with Gasteiger partial charge in [-0.1, -0.05) is 84.9 Å². The average Bonchev–Trinajstić information content (AvgIpc) is 3.09. The van der Waals surface area contributed by atoms with Gasteiger partial charge in [-0.25, -0.2) is 4.52 Å². The van der Waals surface area contributed by atoms with Gasteiger partial charge in [-0.15, -0.1) is 0 Å². The van der Waals surface area contributed by atoms with Gasteiger partial charge in [0.25, 0.3) is 0 Å². The second kappa shape index (κ2) is 6.91. The zero-order valence-electron chi connectivity index (χ0n) is 15.9. The number of ether oxygens (including phenoxy) is 1. The molecule has 4 nitrogen and oxygen atoms in total. The van der Waals surface area contributed by atoms with Crippen LogP contribution in [0.15, 0.2) is 91.1 Å². The van der Waals surface area contributed by atoms with Gasteiger partial charge in [-0.05, 0) is 5.56 Å². The molecule has 0 unspecified atom stereocenters. The van der Waals surface area contributed by atoms with Gasteiger partial charge in [0, 0.05) is 23.3 Å². The van der Waals surface area contributed by atoms with E-state index in [2.05, 4.69) is 0 Å². The third-order valence-corrected chi connectivity index (χ3v) is 4.99. The van der Waals surface area contributed by atoms with E-state index in [0.717, 1.165) is 38.7 Å². The van der Waals surface area contributed by atoms with Crippen LogP contribution in [0.3, 0.4) is 0 Å². The molecule has 140 valence electrons. The summed E-state index contributed by atoms with van der Waals surface area (Å²) in [6.45, 7) is 1.43. The fraction of sp³-hybridized carbons (Fsp3) is 0.0400. The van der Waals surface area contributed by atoms with Crippen LogP contribution in [0.25, 0.3) is 38.7 Å². The topological polar surface area (TPSA) is 43.6 Å². The number of rotatable bonds is 3. The van der Waals surface area contributed by atoms with Crippen LogP contribution < -0.4 is 4.74 Å². The molecule has 0 aliphatic carbocycles. The van der Waals surface area contributed by atoms with Crippen molar-refractivity contribution < 1.29 is 9.53 Å². The lowest BCUT2D eigenvalue weighted by Crippen LogP contribution is -2.02. The molecule has 0 saturated carbocycles. The third-order valence-electron chi connectivity index (χ3n) is 4.99. The Morgan fingerprint density at radius 1 is 0.828 bits per heavy atom. The normalized spacial score (nSPS) is 11.1. The summed E-state index contributed by atoms with van der Waals surface area (Å²) >= 11 is 0. The lowest BCUT2D eigenvalue weighted by atomic mass is 10.0. The van der Waals surface area contributed by atoms with Crippen LogP contribution in [0.1, 0.15) is 6.92 Å². The number of fused-ring (bicyclic) bond motifs is 3. The quantitative estimate of drug-likeness (QED) is 0.376. The summed E-state index contributed by atoms with van der Waals surface area (Å²) in [6.07, 6.45) is 1.85. The van der Waals surface area contributed by atoms with Gasteiger partial charge < -0.3 is 4.74 Å². The first-order valence-corrected chi connectivity index (χ1v) is 9.46. The fourth-order valence-electron chi connectivity index (χ4n) is 3.82. The van der Waals surface area contributed by atoms with E-state index < -0.39 is 0 Å². The van der Waals surface area contributed by atoms with E-state index in [1.54, 1.807) is 0 Å². The average molecular weight is 378 g/mol. The van der Waals surface area contributed by atoms with Crippen LogP contribution in [0.2, 0.25) is 0 Å². The van der Waals surface area contributed by atoms with Crippen molar-refractivity contribution >= 4 is 22.3 Å². The first-order valence-electron chi connectivity index (χ1n) is 9.46. The summed E-state index contributed by atoms with van der Waals surface area (Å²) in [6, 6.07) is 28.1. The number of hydrogen-bond acceptors (Lipinski definition) is 3. The van der Waals surface area contributed by atoms with Gasteiger partial charge in [0.15, 0.2) is 5.75 Å². The summed E-state index contributed by atoms with van der Waals surface area (Å²) in [5.74, 6) is 0.175. The standard InChI is InChI=1S/C25H18N2O2/c1-17(28)29-25-22(18-10-4-2-5-11-18)23(19-12-6-3-7-13-19)27-24(25)21-15-9-8-14-20(21)16-26-27/h2-16H,1H3. The van der Waals surface area contributed by atoms with Gasteiger partial charge in [0.1, 0.15) is 5.52 Å². The lowest BCUT2D eigenvalue weighted by molar-refractivity contribution is -0.131. The molecule has 5 aromatic rings. The van der Waals surface area contributed by atoms with E-state index >= 15 is 0 Å². The maximum atomic E-state index is 12.1. The van der Waals surface area contributed by atoms with Gasteiger partial charge in [-0.2, -0.15) is 5.10 Å². The Morgan fingerprint density at radius 3 is 2.14 bits per heavy atom. The lowest BCUT2D eigenvalue weighted by Gasteiger charge is -2.08. The maximum Gasteiger partial charge on any atom is 0.308 e. The van der Waals surface area contributed by atoms with Crippen LogP contribution >= 0.6 is 0 Å². The number of benzene rings is 3. The van der Waals surface area contributed by atoms with Crippen molar-refractivity contribution in [2.24, 2.45) is 0 Å². The molecule has 0 aliphatic heterocycles. The minimum atomic E-state index is -0.359. The predicted octanol–water partition coefficient (Wildman–Crippen LogP) is 5.75. The fourth-order valence-corrected chi connectivity index (χ4v) is 3.82. The molecule has 0 radical (unpaired) electrons. The second-order valence-electron chi connectivity index (χ2n) is 6.87. The van der Waals surface area contributed by atoms with E-state index in [1.807, 2.05) is 95.6 Å². The van der Waals surface area contributed by atoms with E-state index in [9.17, 15) is 4.79 Å². The molecule has 0 saturated heterocycles. The van der Waals surface area contributed by atoms with Crippen LogP contribution in [0, 0.1) is 0 Å². The highest BCUT2D eigenvalue weighted by Crippen LogP contribution is 2.45. The van der Waals surface area contributed by atoms with E-state index in [0.29, 0.717) is 5.75 Å². The number of aromatic nitrogens is 2. The Morgan fingerprint density at radius 2 is 1.45 bits per heavy atom. The molecular formula is C25H18N2O2. The van der Waals surface area contributed by atoms with Crippen molar-refractivity contribution in [1.82, 2.24) is 9.61 Å². The highest BCUT2D eigenvalue weighted by molar-refractivity contribution is 6.06. The highest BCUT2D eigenvalue weighted by atomic mass is 16.5. The van der Waals surface area contributed by atoms with Crippen LogP contribution in [0.4, 0.5) is 0 Å². The molecule has 5 rings (SSSR count). The van der Waals surface area contributed by atoms with Gasteiger partial charge >= 0.3 is 5.97 Å². The van der Waals surface area contributed by atoms with Crippen molar-refractivity contribution in [1.29, 1.82) is 0 Å². The number of esters is 1. The van der Waals surface area contributed by atoms with E-state index in [4.69, 9.17) is 9.84 Å². The summed E-state index contributed by atoms with van der Waals surface area (Å²) in [7, 11) is 0. The molecule has 0 N–H and O–H groups in total. The molecular weight excluding hydrogens is 360 g/mol. The first-order chi connectivity index (χ1) is 14.2. The Kier molecular flexibility index (Phi) is 4.10. The van der Waals surface area contributed by atoms with Crippen LogP contribution in [-0.4, -0.2) is 15.6 Å². The highest BCUT2D eigenvalue weighted by Gasteiger charge is 2.25. The Balaban J connectivity index is 2.01. The van der Waals surface area contributed by atoms with Gasteiger partial charge in [0.2, 0.25) is 0 Å². The molecule has 0 amide bonds. The summed E-state index contributed by atoms with van der Waals surface area (Å²) in [5.41, 5.74) is 4.51. The molecule has 0 atom stereocenters. The number of nitrogens with zero attached hydrogens (tertiary/aromatic N) is 2. The molecule has 2 heterocycles. The molecule has 29 heavy (non-hydrogen) atoms. The zero-order valence-corrected chi connectivity index (χ0v) is 15.9. The maximum absolute atomic E-state index is 12.1. The van der Waals surface area contributed by atoms with Crippen LogP contribution in [0.5, 0.6) is 5.75 Å². The monoisotopic (exact) mass is 378 g/mol. The number of hydrogen-bond donors (Lipinski definition) is 0. The number of carbonyl (C=O) groups is 1. The first kappa shape index (κ1) is 17.2. The molecule has 0 aliphatic rings. The molecule has 3 aromatic carbocycles. The molecule has 0 spiro atoms. The Bertz CT molecular complexity index is 1340. The third kappa shape index (κ3) is 2.86. The van der Waals surface area contributed by atoms with Crippen LogP contribution in [-0.2, 0) is 4.79 Å². The smallest absolute Gasteiger partial charge is 0.308 e. The Labute approximate surface area is 168 Å². The van der Waals surface area contributed by atoms with Gasteiger partial charge in [-0.3, -0.25) is 4.79 Å². The summed E-state index contributed by atoms with van der Waals surface area (Å²) < 4.78 is 7.71. The molecule has 2 aromatic heterocycles. The van der Waals surface area contributed by atoms with E-state index in [-0.39, 0.29) is 5.97 Å². The van der Waals surface area contributed by atoms with E-state index in [1.165, 1.54) is 6.92 Å². The minimum Gasteiger partial charge on any atom is -0.424 e. The summed E-state index contributed by atoms with van der Waals surface area (Å²) in [4.78, 5) is 12.1. The molecule has 0 bridgehead atoms. The van der Waals surface area contributed by atoms with Crippen molar-refractivity contribution in [3.8, 4) is 28.1 Å². The van der Waals surface area contributed by atoms with Crippen molar-refractivity contribution in [2.75, 3.05) is 0 Å². The largest absolute Gasteiger partial charge is 0.424 e. The number of carbonyl (C=O) groups excluding carboxylic acids is 1. The van der Waals surface area contributed by atoms with Crippen molar-refractivity contribution in [3.63, 3.8) is 0 Å². The van der Waals surface area contributed by atoms with Gasteiger partial charge in [0.05, 0.1) is 17.5 Å². The SMILES string of the molecule is CC(=O)Oc1c(-c2ccccc2)c(-c2ccccc2)n2ncc3ccccc3c12. The van der Waals surface area contributed by atoms with Crippen molar-refractivity contribution in [3.05, 3.63) is 91.1 Å². The minimum absolute atomic E-state index is 0.359. The second-order valence-corrected chi connectivity index (χ2v) is 6.87. The molecule has 4 heteroatoms. The molecule has 0 fully saturated rings. The Hall–Kier alpha value is -3.92. The predicted molar refractivity (Wildman–Crippen MR) is 115 cm³/mol. The zero-order chi connectivity index (χ0) is 19.8.